The Morgan fingerprint density at radius 3 is 2.71 bits per heavy atom. The lowest BCUT2D eigenvalue weighted by molar-refractivity contribution is 0.166. The zero-order valence-electron chi connectivity index (χ0n) is 14.6. The van der Waals surface area contributed by atoms with Crippen molar-refractivity contribution in [3.63, 3.8) is 0 Å². The second kappa shape index (κ2) is 7.03. The monoisotopic (exact) mass is 327 g/mol. The van der Waals surface area contributed by atoms with E-state index in [-0.39, 0.29) is 12.1 Å². The van der Waals surface area contributed by atoms with Gasteiger partial charge in [-0.1, -0.05) is 23.8 Å². The Kier molecular flexibility index (Phi) is 4.83. The molecular weight excluding hydrogens is 302 g/mol. The minimum atomic E-state index is 0.00504. The summed E-state index contributed by atoms with van der Waals surface area (Å²) in [5.41, 5.74) is 3.60. The SMILES string of the molecule is Cc1ccc(C)c([C@@H](C)NC(=O)N2CCC(n3cncn3)CC2)c1. The molecule has 24 heavy (non-hydrogen) atoms. The van der Waals surface area contributed by atoms with E-state index in [4.69, 9.17) is 0 Å². The van der Waals surface area contributed by atoms with Crippen molar-refractivity contribution < 1.29 is 4.79 Å². The van der Waals surface area contributed by atoms with E-state index in [9.17, 15) is 4.79 Å². The second-order valence-corrected chi connectivity index (χ2v) is 6.62. The van der Waals surface area contributed by atoms with Crippen molar-refractivity contribution in [3.8, 4) is 0 Å². The number of aryl methyl sites for hydroxylation is 2. The van der Waals surface area contributed by atoms with Gasteiger partial charge < -0.3 is 10.2 Å². The highest BCUT2D eigenvalue weighted by atomic mass is 16.2. The molecule has 2 aromatic rings. The summed E-state index contributed by atoms with van der Waals surface area (Å²) in [6, 6.07) is 6.72. The summed E-state index contributed by atoms with van der Waals surface area (Å²) >= 11 is 0. The minimum Gasteiger partial charge on any atom is -0.331 e. The van der Waals surface area contributed by atoms with Gasteiger partial charge in [0.15, 0.2) is 0 Å². The maximum absolute atomic E-state index is 12.6. The summed E-state index contributed by atoms with van der Waals surface area (Å²) in [5.74, 6) is 0. The van der Waals surface area contributed by atoms with Crippen molar-refractivity contribution in [1.82, 2.24) is 25.0 Å². The number of hydrogen-bond acceptors (Lipinski definition) is 3. The van der Waals surface area contributed by atoms with Gasteiger partial charge in [-0.3, -0.25) is 0 Å². The van der Waals surface area contributed by atoms with Gasteiger partial charge in [0.1, 0.15) is 12.7 Å². The van der Waals surface area contributed by atoms with Gasteiger partial charge in [0, 0.05) is 13.1 Å². The Hall–Kier alpha value is -2.37. The highest BCUT2D eigenvalue weighted by Crippen LogP contribution is 2.23. The topological polar surface area (TPSA) is 63.1 Å². The first-order chi connectivity index (χ1) is 11.5. The van der Waals surface area contributed by atoms with Gasteiger partial charge in [-0.15, -0.1) is 0 Å². The number of hydrogen-bond donors (Lipinski definition) is 1. The van der Waals surface area contributed by atoms with E-state index in [1.807, 2.05) is 16.5 Å². The number of nitrogens with one attached hydrogen (secondary N) is 1. The first kappa shape index (κ1) is 16.5. The number of carbonyl (C=O) groups excluding carboxylic acids is 1. The summed E-state index contributed by atoms with van der Waals surface area (Å²) in [6.07, 6.45) is 5.14. The number of nitrogens with zero attached hydrogens (tertiary/aromatic N) is 4. The molecule has 1 saturated heterocycles. The molecule has 1 aliphatic rings. The van der Waals surface area contributed by atoms with Crippen LogP contribution >= 0.6 is 0 Å². The Bertz CT molecular complexity index is 689. The number of amides is 2. The molecule has 0 radical (unpaired) electrons. The van der Waals surface area contributed by atoms with Crippen LogP contribution in [0.15, 0.2) is 30.9 Å². The van der Waals surface area contributed by atoms with Crippen LogP contribution in [0.1, 0.15) is 48.5 Å². The molecule has 1 atom stereocenters. The Labute approximate surface area is 142 Å². The fourth-order valence-electron chi connectivity index (χ4n) is 3.32. The zero-order valence-corrected chi connectivity index (χ0v) is 14.6. The molecule has 0 bridgehead atoms. The summed E-state index contributed by atoms with van der Waals surface area (Å²) in [6.45, 7) is 7.70. The Balaban J connectivity index is 1.57. The van der Waals surface area contributed by atoms with E-state index < -0.39 is 0 Å². The lowest BCUT2D eigenvalue weighted by Gasteiger charge is -2.33. The highest BCUT2D eigenvalue weighted by molar-refractivity contribution is 5.74. The van der Waals surface area contributed by atoms with Crippen molar-refractivity contribution in [1.29, 1.82) is 0 Å². The van der Waals surface area contributed by atoms with Crippen LogP contribution < -0.4 is 5.32 Å². The van der Waals surface area contributed by atoms with Crippen LogP contribution in [-0.2, 0) is 0 Å². The summed E-state index contributed by atoms with van der Waals surface area (Å²) < 4.78 is 1.90. The molecule has 2 amide bonds. The fourth-order valence-corrected chi connectivity index (χ4v) is 3.32. The number of rotatable bonds is 3. The van der Waals surface area contributed by atoms with Crippen molar-refractivity contribution in [2.24, 2.45) is 0 Å². The van der Waals surface area contributed by atoms with Crippen LogP contribution in [0.5, 0.6) is 0 Å². The second-order valence-electron chi connectivity index (χ2n) is 6.62. The third kappa shape index (κ3) is 3.58. The van der Waals surface area contributed by atoms with E-state index >= 15 is 0 Å². The molecule has 6 heteroatoms. The maximum Gasteiger partial charge on any atom is 0.317 e. The molecule has 0 aliphatic carbocycles. The molecule has 0 spiro atoms. The Morgan fingerprint density at radius 1 is 1.29 bits per heavy atom. The van der Waals surface area contributed by atoms with E-state index in [1.165, 1.54) is 16.7 Å². The lowest BCUT2D eigenvalue weighted by atomic mass is 10.00. The van der Waals surface area contributed by atoms with Crippen molar-refractivity contribution in [2.45, 2.75) is 45.7 Å². The third-order valence-electron chi connectivity index (χ3n) is 4.80. The van der Waals surface area contributed by atoms with Crippen LogP contribution in [0.4, 0.5) is 4.79 Å². The van der Waals surface area contributed by atoms with Gasteiger partial charge >= 0.3 is 6.03 Å². The normalized spacial score (nSPS) is 16.9. The largest absolute Gasteiger partial charge is 0.331 e. The molecular formula is C18H25N5O. The predicted molar refractivity (Wildman–Crippen MR) is 92.7 cm³/mol. The Morgan fingerprint density at radius 2 is 2.04 bits per heavy atom. The van der Waals surface area contributed by atoms with Gasteiger partial charge in [0.25, 0.3) is 0 Å². The van der Waals surface area contributed by atoms with Gasteiger partial charge in [-0.05, 0) is 44.7 Å². The van der Waals surface area contributed by atoms with Crippen LogP contribution in [0.25, 0.3) is 0 Å². The van der Waals surface area contributed by atoms with E-state index in [0.29, 0.717) is 6.04 Å². The first-order valence-electron chi connectivity index (χ1n) is 8.51. The standard InChI is InChI=1S/C18H25N5O/c1-13-4-5-14(2)17(10-13)15(3)21-18(24)22-8-6-16(7-9-22)23-12-19-11-20-23/h4-5,10-12,15-16H,6-9H2,1-3H3,(H,21,24)/t15-/m1/s1. The molecule has 128 valence electrons. The van der Waals surface area contributed by atoms with E-state index in [0.717, 1.165) is 25.9 Å². The number of carbonyl (C=O) groups is 1. The molecule has 1 aromatic heterocycles. The van der Waals surface area contributed by atoms with Crippen molar-refractivity contribution in [3.05, 3.63) is 47.5 Å². The van der Waals surface area contributed by atoms with Gasteiger partial charge in [0.2, 0.25) is 0 Å². The molecule has 1 N–H and O–H groups in total. The zero-order chi connectivity index (χ0) is 17.1. The highest BCUT2D eigenvalue weighted by Gasteiger charge is 2.25. The summed E-state index contributed by atoms with van der Waals surface area (Å²) in [4.78, 5) is 18.4. The molecule has 0 unspecified atom stereocenters. The lowest BCUT2D eigenvalue weighted by Crippen LogP contribution is -2.45. The van der Waals surface area contributed by atoms with Gasteiger partial charge in [-0.25, -0.2) is 14.5 Å². The van der Waals surface area contributed by atoms with E-state index in [2.05, 4.69) is 47.4 Å². The number of likely N-dealkylation sites (tertiary alicyclic amines) is 1. The van der Waals surface area contributed by atoms with Crippen molar-refractivity contribution >= 4 is 6.03 Å². The number of benzene rings is 1. The van der Waals surface area contributed by atoms with Gasteiger partial charge in [0.05, 0.1) is 12.1 Å². The quantitative estimate of drug-likeness (QED) is 0.942. The molecule has 2 heterocycles. The molecule has 1 aromatic carbocycles. The average molecular weight is 327 g/mol. The molecule has 1 aliphatic heterocycles. The van der Waals surface area contributed by atoms with Crippen LogP contribution in [0.3, 0.4) is 0 Å². The number of urea groups is 1. The molecule has 3 rings (SSSR count). The smallest absolute Gasteiger partial charge is 0.317 e. The molecule has 6 nitrogen and oxygen atoms in total. The number of piperidine rings is 1. The van der Waals surface area contributed by atoms with Crippen molar-refractivity contribution in [2.75, 3.05) is 13.1 Å². The van der Waals surface area contributed by atoms with Crippen LogP contribution in [-0.4, -0.2) is 38.8 Å². The minimum absolute atomic E-state index is 0.00504. The van der Waals surface area contributed by atoms with Gasteiger partial charge in [-0.2, -0.15) is 5.10 Å². The molecule has 0 saturated carbocycles. The first-order valence-corrected chi connectivity index (χ1v) is 8.51. The average Bonchev–Trinajstić information content (AvgIpc) is 3.11. The summed E-state index contributed by atoms with van der Waals surface area (Å²) in [5, 5.41) is 7.34. The van der Waals surface area contributed by atoms with Crippen LogP contribution in [0.2, 0.25) is 0 Å². The van der Waals surface area contributed by atoms with E-state index in [1.54, 1.807) is 12.7 Å². The summed E-state index contributed by atoms with van der Waals surface area (Å²) in [7, 11) is 0. The van der Waals surface area contributed by atoms with Crippen LogP contribution in [0, 0.1) is 13.8 Å². The fraction of sp³-hybridized carbons (Fsp3) is 0.500. The molecule has 1 fully saturated rings. The predicted octanol–water partition coefficient (Wildman–Crippen LogP) is 3.00. The maximum atomic E-state index is 12.6. The number of aromatic nitrogens is 3. The third-order valence-corrected chi connectivity index (χ3v) is 4.80.